The van der Waals surface area contributed by atoms with Crippen molar-refractivity contribution in [2.24, 2.45) is 5.84 Å². The third-order valence-corrected chi connectivity index (χ3v) is 2.82. The molecule has 5 nitrogen and oxygen atoms in total. The average molecular weight is 234 g/mol. The Morgan fingerprint density at radius 1 is 1.59 bits per heavy atom. The van der Waals surface area contributed by atoms with Crippen molar-refractivity contribution in [1.29, 1.82) is 0 Å². The molecule has 0 spiro atoms. The van der Waals surface area contributed by atoms with Crippen LogP contribution in [0.1, 0.15) is 36.3 Å². The predicted molar refractivity (Wildman–Crippen MR) is 65.1 cm³/mol. The van der Waals surface area contributed by atoms with E-state index in [2.05, 4.69) is 17.4 Å². The van der Waals surface area contributed by atoms with Crippen LogP contribution in [0.2, 0.25) is 0 Å². The van der Waals surface area contributed by atoms with E-state index < -0.39 is 0 Å². The third kappa shape index (κ3) is 2.40. The van der Waals surface area contributed by atoms with E-state index in [0.717, 1.165) is 29.9 Å². The summed E-state index contributed by atoms with van der Waals surface area (Å²) in [5, 5.41) is 4.30. The fourth-order valence-corrected chi connectivity index (χ4v) is 1.94. The molecule has 0 aliphatic rings. The van der Waals surface area contributed by atoms with Crippen LogP contribution in [0.15, 0.2) is 29.1 Å². The average Bonchev–Trinajstić information content (AvgIpc) is 2.92. The van der Waals surface area contributed by atoms with Gasteiger partial charge in [0.2, 0.25) is 0 Å². The first kappa shape index (κ1) is 11.9. The minimum absolute atomic E-state index is 0.0700. The summed E-state index contributed by atoms with van der Waals surface area (Å²) in [4.78, 5) is 0. The molecule has 1 atom stereocenters. The molecule has 17 heavy (non-hydrogen) atoms. The summed E-state index contributed by atoms with van der Waals surface area (Å²) in [6.07, 6.45) is 6.59. The lowest BCUT2D eigenvalue weighted by Gasteiger charge is -2.13. The van der Waals surface area contributed by atoms with Crippen LogP contribution in [-0.4, -0.2) is 9.78 Å². The van der Waals surface area contributed by atoms with E-state index in [-0.39, 0.29) is 6.04 Å². The van der Waals surface area contributed by atoms with Gasteiger partial charge in [0.1, 0.15) is 5.76 Å². The van der Waals surface area contributed by atoms with Crippen LogP contribution in [0.25, 0.3) is 0 Å². The molecule has 0 aliphatic carbocycles. The maximum Gasteiger partial charge on any atom is 0.105 e. The number of aryl methyl sites for hydroxylation is 2. The second kappa shape index (κ2) is 5.16. The molecule has 0 aromatic carbocycles. The highest BCUT2D eigenvalue weighted by atomic mass is 16.3. The molecular weight excluding hydrogens is 216 g/mol. The Bertz CT molecular complexity index is 474. The maximum absolute atomic E-state index is 5.62. The first-order valence-electron chi connectivity index (χ1n) is 5.78. The largest absolute Gasteiger partial charge is 0.469 e. The number of furan rings is 1. The number of nitrogens with zero attached hydrogens (tertiary/aromatic N) is 2. The van der Waals surface area contributed by atoms with Gasteiger partial charge in [-0.05, 0) is 19.4 Å². The van der Waals surface area contributed by atoms with Crippen LogP contribution in [0.4, 0.5) is 0 Å². The minimum Gasteiger partial charge on any atom is -0.469 e. The van der Waals surface area contributed by atoms with Gasteiger partial charge in [0, 0.05) is 23.9 Å². The molecule has 0 amide bonds. The summed E-state index contributed by atoms with van der Waals surface area (Å²) in [6, 6.07) is 1.86. The molecule has 0 radical (unpaired) electrons. The van der Waals surface area contributed by atoms with Gasteiger partial charge in [-0.3, -0.25) is 10.5 Å². The van der Waals surface area contributed by atoms with Crippen LogP contribution < -0.4 is 11.3 Å². The molecule has 2 aromatic heterocycles. The summed E-state index contributed by atoms with van der Waals surface area (Å²) < 4.78 is 7.23. The highest BCUT2D eigenvalue weighted by molar-refractivity contribution is 5.30. The Hall–Kier alpha value is -1.59. The smallest absolute Gasteiger partial charge is 0.105 e. The van der Waals surface area contributed by atoms with Gasteiger partial charge >= 0.3 is 0 Å². The standard InChI is InChI=1S/C12H18N4O/c1-3-5-16-8-10(7-14-16)12(15-13)11-4-6-17-9(11)2/h4,6-8,12,15H,3,5,13H2,1-2H3. The van der Waals surface area contributed by atoms with E-state index in [1.54, 1.807) is 6.26 Å². The molecule has 0 fully saturated rings. The molecule has 92 valence electrons. The Labute approximate surface area is 101 Å². The highest BCUT2D eigenvalue weighted by Crippen LogP contribution is 2.24. The zero-order valence-corrected chi connectivity index (χ0v) is 10.2. The SMILES string of the molecule is CCCn1cc(C(NN)c2ccoc2C)cn1. The van der Waals surface area contributed by atoms with Crippen LogP contribution >= 0.6 is 0 Å². The molecule has 0 saturated carbocycles. The summed E-state index contributed by atoms with van der Waals surface area (Å²) in [5.74, 6) is 6.49. The van der Waals surface area contributed by atoms with Gasteiger partial charge in [-0.25, -0.2) is 5.43 Å². The highest BCUT2D eigenvalue weighted by Gasteiger charge is 2.18. The third-order valence-electron chi connectivity index (χ3n) is 2.82. The number of rotatable bonds is 5. The number of nitrogens with two attached hydrogens (primary N) is 1. The van der Waals surface area contributed by atoms with Gasteiger partial charge in [-0.2, -0.15) is 5.10 Å². The lowest BCUT2D eigenvalue weighted by atomic mass is 10.0. The quantitative estimate of drug-likeness (QED) is 0.611. The molecule has 3 N–H and O–H groups in total. The maximum atomic E-state index is 5.62. The number of hydrogen-bond acceptors (Lipinski definition) is 4. The van der Waals surface area contributed by atoms with E-state index in [0.29, 0.717) is 0 Å². The predicted octanol–water partition coefficient (Wildman–Crippen LogP) is 1.75. The zero-order chi connectivity index (χ0) is 12.3. The van der Waals surface area contributed by atoms with E-state index in [4.69, 9.17) is 10.3 Å². The first-order chi connectivity index (χ1) is 8.26. The van der Waals surface area contributed by atoms with Crippen molar-refractivity contribution in [3.8, 4) is 0 Å². The van der Waals surface area contributed by atoms with Gasteiger partial charge in [0.15, 0.2) is 0 Å². The van der Waals surface area contributed by atoms with E-state index in [9.17, 15) is 0 Å². The Morgan fingerprint density at radius 3 is 3.00 bits per heavy atom. The van der Waals surface area contributed by atoms with Crippen molar-refractivity contribution >= 4 is 0 Å². The normalized spacial score (nSPS) is 12.9. The molecule has 2 aromatic rings. The van der Waals surface area contributed by atoms with Crippen LogP contribution in [0.5, 0.6) is 0 Å². The lowest BCUT2D eigenvalue weighted by Crippen LogP contribution is -2.28. The fourth-order valence-electron chi connectivity index (χ4n) is 1.94. The molecule has 0 bridgehead atoms. The monoisotopic (exact) mass is 234 g/mol. The Balaban J connectivity index is 2.26. The molecule has 5 heteroatoms. The van der Waals surface area contributed by atoms with Crippen molar-refractivity contribution in [3.05, 3.63) is 41.6 Å². The van der Waals surface area contributed by atoms with Crippen molar-refractivity contribution in [2.45, 2.75) is 32.9 Å². The molecule has 0 saturated heterocycles. The van der Waals surface area contributed by atoms with Gasteiger partial charge in [0.25, 0.3) is 0 Å². The summed E-state index contributed by atoms with van der Waals surface area (Å²) in [7, 11) is 0. The van der Waals surface area contributed by atoms with E-state index >= 15 is 0 Å². The number of hydrazine groups is 1. The van der Waals surface area contributed by atoms with Gasteiger partial charge in [-0.15, -0.1) is 0 Å². The number of nitrogens with one attached hydrogen (secondary N) is 1. The minimum atomic E-state index is -0.0700. The van der Waals surface area contributed by atoms with Crippen molar-refractivity contribution < 1.29 is 4.42 Å². The summed E-state index contributed by atoms with van der Waals surface area (Å²) in [5.41, 5.74) is 4.90. The molecule has 2 rings (SSSR count). The topological polar surface area (TPSA) is 69.0 Å². The Kier molecular flexibility index (Phi) is 3.61. The molecule has 0 aliphatic heterocycles. The number of aromatic nitrogens is 2. The van der Waals surface area contributed by atoms with E-state index in [1.807, 2.05) is 30.1 Å². The fraction of sp³-hybridized carbons (Fsp3) is 0.417. The number of hydrogen-bond donors (Lipinski definition) is 2. The Morgan fingerprint density at radius 2 is 2.41 bits per heavy atom. The first-order valence-corrected chi connectivity index (χ1v) is 5.78. The molecular formula is C12H18N4O. The van der Waals surface area contributed by atoms with Gasteiger partial charge < -0.3 is 4.42 Å². The van der Waals surface area contributed by atoms with Crippen molar-refractivity contribution in [3.63, 3.8) is 0 Å². The van der Waals surface area contributed by atoms with Crippen LogP contribution in [-0.2, 0) is 6.54 Å². The molecule has 1 unspecified atom stereocenters. The summed E-state index contributed by atoms with van der Waals surface area (Å²) >= 11 is 0. The summed E-state index contributed by atoms with van der Waals surface area (Å²) in [6.45, 7) is 4.97. The second-order valence-corrected chi connectivity index (χ2v) is 4.07. The zero-order valence-electron chi connectivity index (χ0n) is 10.2. The van der Waals surface area contributed by atoms with Crippen LogP contribution in [0.3, 0.4) is 0 Å². The molecule has 2 heterocycles. The van der Waals surface area contributed by atoms with Gasteiger partial charge in [-0.1, -0.05) is 6.92 Å². The van der Waals surface area contributed by atoms with Crippen molar-refractivity contribution in [1.82, 2.24) is 15.2 Å². The van der Waals surface area contributed by atoms with Crippen molar-refractivity contribution in [2.75, 3.05) is 0 Å². The van der Waals surface area contributed by atoms with Gasteiger partial charge in [0.05, 0.1) is 18.5 Å². The van der Waals surface area contributed by atoms with Crippen LogP contribution in [0, 0.1) is 6.92 Å². The van der Waals surface area contributed by atoms with E-state index in [1.165, 1.54) is 0 Å². The lowest BCUT2D eigenvalue weighted by molar-refractivity contribution is 0.520. The second-order valence-electron chi connectivity index (χ2n) is 4.07.